The molecule has 0 saturated heterocycles. The van der Waals surface area contributed by atoms with Gasteiger partial charge in [0.1, 0.15) is 5.82 Å². The fraction of sp³-hybridized carbons (Fsp3) is 0.389. The molecule has 0 amide bonds. The summed E-state index contributed by atoms with van der Waals surface area (Å²) in [5, 5.41) is 8.98. The summed E-state index contributed by atoms with van der Waals surface area (Å²) in [5.74, 6) is 1.35. The van der Waals surface area contributed by atoms with Gasteiger partial charge in [-0.05, 0) is 37.0 Å². The monoisotopic (exact) mass is 358 g/mol. The highest BCUT2D eigenvalue weighted by Gasteiger charge is 2.17. The van der Waals surface area contributed by atoms with Crippen LogP contribution in [0.15, 0.2) is 46.6 Å². The molecule has 0 unspecified atom stereocenters. The van der Waals surface area contributed by atoms with Gasteiger partial charge in [0, 0.05) is 18.1 Å². The summed E-state index contributed by atoms with van der Waals surface area (Å²) in [7, 11) is 0. The van der Waals surface area contributed by atoms with Crippen LogP contribution in [0.2, 0.25) is 0 Å². The normalized spacial score (nSPS) is 15.7. The predicted molar refractivity (Wildman–Crippen MR) is 95.8 cm³/mol. The fourth-order valence-electron chi connectivity index (χ4n) is 3.34. The van der Waals surface area contributed by atoms with Gasteiger partial charge in [0.05, 0.1) is 5.69 Å². The molecule has 0 N–H and O–H groups in total. The molecule has 0 radical (unpaired) electrons. The van der Waals surface area contributed by atoms with Gasteiger partial charge in [0.2, 0.25) is 5.65 Å². The molecule has 0 atom stereocenters. The predicted octanol–water partition coefficient (Wildman–Crippen LogP) is 3.69. The van der Waals surface area contributed by atoms with Crippen LogP contribution >= 0.6 is 11.8 Å². The van der Waals surface area contributed by atoms with Gasteiger partial charge in [0.25, 0.3) is 0 Å². The Kier molecular flexibility index (Phi) is 4.57. The molecule has 0 bridgehead atoms. The highest BCUT2D eigenvalue weighted by molar-refractivity contribution is 7.99. The molecule has 1 aliphatic rings. The van der Waals surface area contributed by atoms with E-state index in [1.54, 1.807) is 40.7 Å². The lowest BCUT2D eigenvalue weighted by molar-refractivity contribution is 0.390. The SMILES string of the molecule is O=c1c2nnc(SCC3CCCCC3)n2ccn1-c1cccc(F)c1. The molecule has 25 heavy (non-hydrogen) atoms. The maximum atomic E-state index is 13.4. The van der Waals surface area contributed by atoms with Crippen LogP contribution in [0, 0.1) is 11.7 Å². The Hall–Kier alpha value is -2.15. The van der Waals surface area contributed by atoms with Gasteiger partial charge in [-0.3, -0.25) is 13.8 Å². The summed E-state index contributed by atoms with van der Waals surface area (Å²) in [4.78, 5) is 12.7. The van der Waals surface area contributed by atoms with Crippen molar-refractivity contribution in [1.29, 1.82) is 0 Å². The smallest absolute Gasteiger partial charge is 0.279 e. The lowest BCUT2D eigenvalue weighted by Crippen LogP contribution is -2.20. The van der Waals surface area contributed by atoms with Crippen LogP contribution in [0.5, 0.6) is 0 Å². The Labute approximate surface area is 148 Å². The van der Waals surface area contributed by atoms with E-state index in [4.69, 9.17) is 0 Å². The van der Waals surface area contributed by atoms with E-state index in [9.17, 15) is 9.18 Å². The van der Waals surface area contributed by atoms with Crippen molar-refractivity contribution in [3.63, 3.8) is 0 Å². The number of aromatic nitrogens is 4. The van der Waals surface area contributed by atoms with Crippen molar-refractivity contribution in [2.75, 3.05) is 5.75 Å². The Morgan fingerprint density at radius 3 is 2.80 bits per heavy atom. The maximum absolute atomic E-state index is 13.4. The van der Waals surface area contributed by atoms with Crippen LogP contribution in [0.1, 0.15) is 32.1 Å². The Balaban J connectivity index is 1.62. The lowest BCUT2D eigenvalue weighted by Gasteiger charge is -2.20. The molecular weight excluding hydrogens is 339 g/mol. The lowest BCUT2D eigenvalue weighted by atomic mass is 9.91. The summed E-state index contributed by atoms with van der Waals surface area (Å²) >= 11 is 1.66. The van der Waals surface area contributed by atoms with Crippen molar-refractivity contribution in [1.82, 2.24) is 19.2 Å². The summed E-state index contributed by atoms with van der Waals surface area (Å²) in [6, 6.07) is 5.95. The number of fused-ring (bicyclic) bond motifs is 1. The summed E-state index contributed by atoms with van der Waals surface area (Å²) < 4.78 is 16.5. The molecule has 7 heteroatoms. The van der Waals surface area contributed by atoms with E-state index in [1.165, 1.54) is 48.8 Å². The molecule has 130 valence electrons. The Morgan fingerprint density at radius 1 is 1.16 bits per heavy atom. The van der Waals surface area contributed by atoms with Crippen molar-refractivity contribution < 1.29 is 4.39 Å². The first-order valence-electron chi connectivity index (χ1n) is 8.57. The van der Waals surface area contributed by atoms with E-state index in [-0.39, 0.29) is 17.0 Å². The van der Waals surface area contributed by atoms with Crippen molar-refractivity contribution in [2.45, 2.75) is 37.3 Å². The second-order valence-corrected chi connectivity index (χ2v) is 7.43. The molecule has 2 heterocycles. The van der Waals surface area contributed by atoms with E-state index in [0.717, 1.165) is 16.8 Å². The standard InChI is InChI=1S/C18H19FN4OS/c19-14-7-4-8-15(11-14)22-9-10-23-16(17(22)24)20-21-18(23)25-12-13-5-2-1-3-6-13/h4,7-11,13H,1-3,5-6,12H2. The number of rotatable bonds is 4. The molecule has 1 fully saturated rings. The summed E-state index contributed by atoms with van der Waals surface area (Å²) in [5.41, 5.74) is 0.440. The zero-order valence-electron chi connectivity index (χ0n) is 13.8. The Morgan fingerprint density at radius 2 is 2.00 bits per heavy atom. The number of benzene rings is 1. The average Bonchev–Trinajstić information content (AvgIpc) is 3.05. The topological polar surface area (TPSA) is 52.2 Å². The summed E-state index contributed by atoms with van der Waals surface area (Å²) in [6.07, 6.45) is 9.91. The van der Waals surface area contributed by atoms with E-state index in [1.807, 2.05) is 0 Å². The van der Waals surface area contributed by atoms with Gasteiger partial charge in [-0.25, -0.2) is 4.39 Å². The minimum atomic E-state index is -0.380. The van der Waals surface area contributed by atoms with Gasteiger partial charge in [-0.2, -0.15) is 0 Å². The average molecular weight is 358 g/mol. The van der Waals surface area contributed by atoms with Gasteiger partial charge in [0.15, 0.2) is 5.16 Å². The molecular formula is C18H19FN4OS. The first kappa shape index (κ1) is 16.3. The number of halogens is 1. The highest BCUT2D eigenvalue weighted by atomic mass is 32.2. The van der Waals surface area contributed by atoms with Crippen LogP contribution in [0.25, 0.3) is 11.3 Å². The van der Waals surface area contributed by atoms with Crippen LogP contribution < -0.4 is 5.56 Å². The first-order chi connectivity index (χ1) is 12.2. The van der Waals surface area contributed by atoms with E-state index >= 15 is 0 Å². The zero-order chi connectivity index (χ0) is 17.2. The molecule has 1 saturated carbocycles. The molecule has 5 nitrogen and oxygen atoms in total. The quantitative estimate of drug-likeness (QED) is 0.668. The largest absolute Gasteiger partial charge is 0.300 e. The third kappa shape index (κ3) is 3.33. The van der Waals surface area contributed by atoms with Gasteiger partial charge >= 0.3 is 5.56 Å². The third-order valence-electron chi connectivity index (χ3n) is 4.70. The second-order valence-electron chi connectivity index (χ2n) is 6.44. The highest BCUT2D eigenvalue weighted by Crippen LogP contribution is 2.29. The molecule has 2 aromatic heterocycles. The van der Waals surface area contributed by atoms with Crippen molar-refractivity contribution in [3.8, 4) is 5.69 Å². The minimum Gasteiger partial charge on any atom is -0.279 e. The first-order valence-corrected chi connectivity index (χ1v) is 9.56. The number of nitrogens with zero attached hydrogens (tertiary/aromatic N) is 4. The third-order valence-corrected chi connectivity index (χ3v) is 5.87. The Bertz CT molecular complexity index is 946. The number of hydrogen-bond acceptors (Lipinski definition) is 4. The molecule has 4 rings (SSSR count). The van der Waals surface area contributed by atoms with Crippen molar-refractivity contribution in [2.24, 2.45) is 5.92 Å². The van der Waals surface area contributed by atoms with E-state index in [0.29, 0.717) is 5.69 Å². The molecule has 1 aliphatic carbocycles. The van der Waals surface area contributed by atoms with Gasteiger partial charge < -0.3 is 0 Å². The second kappa shape index (κ2) is 7.00. The molecule has 1 aromatic carbocycles. The maximum Gasteiger partial charge on any atom is 0.300 e. The van der Waals surface area contributed by atoms with Crippen LogP contribution in [-0.4, -0.2) is 24.9 Å². The number of thioether (sulfide) groups is 1. The molecule has 0 aliphatic heterocycles. The fourth-order valence-corrected chi connectivity index (χ4v) is 4.44. The van der Waals surface area contributed by atoms with E-state index < -0.39 is 0 Å². The van der Waals surface area contributed by atoms with Crippen LogP contribution in [-0.2, 0) is 0 Å². The van der Waals surface area contributed by atoms with E-state index in [2.05, 4.69) is 10.2 Å². The minimum absolute atomic E-state index is 0.262. The van der Waals surface area contributed by atoms with Crippen LogP contribution in [0.3, 0.4) is 0 Å². The zero-order valence-corrected chi connectivity index (χ0v) is 14.6. The summed E-state index contributed by atoms with van der Waals surface area (Å²) in [6.45, 7) is 0. The van der Waals surface area contributed by atoms with Crippen LogP contribution in [0.4, 0.5) is 4.39 Å². The number of hydrogen-bond donors (Lipinski definition) is 0. The van der Waals surface area contributed by atoms with Crippen molar-refractivity contribution in [3.05, 3.63) is 52.8 Å². The van der Waals surface area contributed by atoms with Gasteiger partial charge in [-0.1, -0.05) is 37.1 Å². The van der Waals surface area contributed by atoms with Gasteiger partial charge in [-0.15, -0.1) is 10.2 Å². The molecule has 0 spiro atoms. The molecule has 3 aromatic rings. The van der Waals surface area contributed by atoms with Crippen molar-refractivity contribution >= 4 is 17.4 Å².